The summed E-state index contributed by atoms with van der Waals surface area (Å²) in [4.78, 5) is 19.0. The number of hydrogen-bond acceptors (Lipinski definition) is 9. The number of amides is 1. The number of aliphatic hydroxyl groups is 1. The van der Waals surface area contributed by atoms with Crippen molar-refractivity contribution in [1.82, 2.24) is 15.2 Å². The van der Waals surface area contributed by atoms with Gasteiger partial charge < -0.3 is 20.1 Å². The molecule has 1 amide bonds. The summed E-state index contributed by atoms with van der Waals surface area (Å²) >= 11 is 0. The summed E-state index contributed by atoms with van der Waals surface area (Å²) in [5, 5.41) is 21.3. The summed E-state index contributed by atoms with van der Waals surface area (Å²) in [6.07, 6.45) is 2.60. The maximum Gasteiger partial charge on any atom is 0.255 e. The molecule has 1 aromatic carbocycles. The molecule has 11 heteroatoms. The van der Waals surface area contributed by atoms with E-state index in [9.17, 15) is 18.3 Å². The summed E-state index contributed by atoms with van der Waals surface area (Å²) in [5.41, 5.74) is 2.66. The van der Waals surface area contributed by atoms with Crippen LogP contribution >= 0.6 is 0 Å². The number of carbonyl (C=O) groups is 1. The highest BCUT2D eigenvalue weighted by Gasteiger charge is 2.24. The normalized spacial score (nSPS) is 14.5. The second-order valence-corrected chi connectivity index (χ2v) is 11.2. The van der Waals surface area contributed by atoms with E-state index in [0.717, 1.165) is 11.8 Å². The molecule has 0 radical (unpaired) electrons. The first-order valence-electron chi connectivity index (χ1n) is 11.5. The Morgan fingerprint density at radius 2 is 1.83 bits per heavy atom. The number of nitrogens with one attached hydrogen (secondary N) is 1. The first kappa shape index (κ1) is 25.7. The van der Waals surface area contributed by atoms with Gasteiger partial charge in [-0.25, -0.2) is 8.42 Å². The van der Waals surface area contributed by atoms with Gasteiger partial charge in [0.25, 0.3) is 5.91 Å². The van der Waals surface area contributed by atoms with E-state index in [4.69, 9.17) is 4.74 Å². The van der Waals surface area contributed by atoms with E-state index < -0.39 is 15.4 Å². The van der Waals surface area contributed by atoms with Gasteiger partial charge in [0.15, 0.2) is 9.84 Å². The van der Waals surface area contributed by atoms with Crippen molar-refractivity contribution in [3.63, 3.8) is 0 Å². The van der Waals surface area contributed by atoms with Crippen LogP contribution in [0.1, 0.15) is 35.5 Å². The van der Waals surface area contributed by atoms with E-state index in [-0.39, 0.29) is 10.9 Å². The number of nitrogens with zero attached hydrogens (tertiary/aromatic N) is 4. The summed E-state index contributed by atoms with van der Waals surface area (Å²) in [5.74, 6) is -0.356. The Hall–Kier alpha value is -3.41. The number of hydrogen-bond donors (Lipinski definition) is 2. The van der Waals surface area contributed by atoms with E-state index in [1.807, 2.05) is 17.9 Å². The highest BCUT2D eigenvalue weighted by Crippen LogP contribution is 2.31. The van der Waals surface area contributed by atoms with Crippen LogP contribution in [0.5, 0.6) is 0 Å². The maximum absolute atomic E-state index is 12.9. The van der Waals surface area contributed by atoms with Crippen LogP contribution in [0.4, 0.5) is 11.4 Å². The zero-order chi connectivity index (χ0) is 26.1. The molecule has 1 saturated heterocycles. The molecule has 1 aliphatic rings. The molecular formula is C25H29N5O5S. The predicted molar refractivity (Wildman–Crippen MR) is 136 cm³/mol. The quantitative estimate of drug-likeness (QED) is 0.512. The number of anilines is 2. The molecule has 0 saturated carbocycles. The number of aryl methyl sites for hydroxylation is 1. The van der Waals surface area contributed by atoms with Gasteiger partial charge in [0, 0.05) is 42.4 Å². The number of ether oxygens (including phenoxy) is 1. The molecule has 10 nitrogen and oxygen atoms in total. The number of aromatic nitrogens is 3. The lowest BCUT2D eigenvalue weighted by molar-refractivity contribution is 0.0737. The van der Waals surface area contributed by atoms with Crippen molar-refractivity contribution < 1.29 is 23.1 Å². The molecule has 0 aliphatic carbocycles. The molecule has 1 aliphatic heterocycles. The Labute approximate surface area is 210 Å². The summed E-state index contributed by atoms with van der Waals surface area (Å²) in [7, 11) is -3.60. The van der Waals surface area contributed by atoms with Crippen LogP contribution in [-0.4, -0.2) is 67.2 Å². The van der Waals surface area contributed by atoms with Gasteiger partial charge in [-0.1, -0.05) is 6.07 Å². The molecule has 4 rings (SSSR count). The van der Waals surface area contributed by atoms with Gasteiger partial charge in [0.2, 0.25) is 5.03 Å². The Morgan fingerprint density at radius 1 is 1.11 bits per heavy atom. The van der Waals surface area contributed by atoms with Gasteiger partial charge in [-0.15, -0.1) is 10.2 Å². The number of carbonyl (C=O) groups excluding carboxylic acids is 1. The van der Waals surface area contributed by atoms with E-state index >= 15 is 0 Å². The second-order valence-electron chi connectivity index (χ2n) is 9.26. The van der Waals surface area contributed by atoms with E-state index in [2.05, 4.69) is 20.5 Å². The zero-order valence-corrected chi connectivity index (χ0v) is 21.5. The SMILES string of the molecule is Cc1ccc(NC(=O)c2ccnc(C(C)(C)O)c2)cc1-c1cc(N2CCOCC2)c(S(C)(=O)=O)nn1. The third-order valence-corrected chi connectivity index (χ3v) is 6.86. The molecule has 0 bridgehead atoms. The van der Waals surface area contributed by atoms with Gasteiger partial charge in [-0.05, 0) is 56.7 Å². The van der Waals surface area contributed by atoms with Crippen LogP contribution in [-0.2, 0) is 20.2 Å². The Balaban J connectivity index is 1.68. The minimum Gasteiger partial charge on any atom is -0.384 e. The Morgan fingerprint density at radius 3 is 2.50 bits per heavy atom. The average Bonchev–Trinajstić information content (AvgIpc) is 2.84. The number of benzene rings is 1. The summed E-state index contributed by atoms with van der Waals surface area (Å²) < 4.78 is 30.2. The molecular weight excluding hydrogens is 482 g/mol. The van der Waals surface area contributed by atoms with Crippen molar-refractivity contribution in [2.24, 2.45) is 0 Å². The van der Waals surface area contributed by atoms with Crippen molar-refractivity contribution in [2.75, 3.05) is 42.8 Å². The van der Waals surface area contributed by atoms with Crippen LogP contribution in [0.15, 0.2) is 47.6 Å². The van der Waals surface area contributed by atoms with Gasteiger partial charge in [-0.2, -0.15) is 0 Å². The van der Waals surface area contributed by atoms with Crippen LogP contribution in [0.2, 0.25) is 0 Å². The first-order valence-corrected chi connectivity index (χ1v) is 13.3. The zero-order valence-electron chi connectivity index (χ0n) is 20.6. The molecule has 36 heavy (non-hydrogen) atoms. The molecule has 3 heterocycles. The third kappa shape index (κ3) is 5.69. The van der Waals surface area contributed by atoms with Gasteiger partial charge in [0.05, 0.1) is 30.3 Å². The van der Waals surface area contributed by atoms with Crippen molar-refractivity contribution in [1.29, 1.82) is 0 Å². The maximum atomic E-state index is 12.9. The molecule has 190 valence electrons. The molecule has 3 aromatic rings. The molecule has 0 spiro atoms. The first-order chi connectivity index (χ1) is 16.9. The van der Waals surface area contributed by atoms with Crippen LogP contribution in [0, 0.1) is 6.92 Å². The van der Waals surface area contributed by atoms with Crippen LogP contribution < -0.4 is 10.2 Å². The second kappa shape index (κ2) is 9.92. The fourth-order valence-electron chi connectivity index (χ4n) is 3.88. The lowest BCUT2D eigenvalue weighted by Crippen LogP contribution is -2.37. The van der Waals surface area contributed by atoms with E-state index in [1.165, 1.54) is 6.20 Å². The fourth-order valence-corrected chi connectivity index (χ4v) is 4.64. The molecule has 2 aromatic heterocycles. The Bertz CT molecular complexity index is 1400. The van der Waals surface area contributed by atoms with Crippen LogP contribution in [0.3, 0.4) is 0 Å². The number of morpholine rings is 1. The number of sulfone groups is 1. The highest BCUT2D eigenvalue weighted by molar-refractivity contribution is 7.90. The van der Waals surface area contributed by atoms with Gasteiger partial charge in [0.1, 0.15) is 5.60 Å². The molecule has 2 N–H and O–H groups in total. The number of rotatable bonds is 6. The van der Waals surface area contributed by atoms with E-state index in [0.29, 0.717) is 60.2 Å². The topological polar surface area (TPSA) is 135 Å². The highest BCUT2D eigenvalue weighted by atomic mass is 32.2. The third-order valence-electron chi connectivity index (χ3n) is 5.86. The number of pyridine rings is 1. The predicted octanol–water partition coefficient (Wildman–Crippen LogP) is 2.57. The standard InChI is InChI=1S/C25H29N5O5S/c1-16-5-6-18(27-23(31)17-7-8-26-22(13-17)25(2,3)32)14-19(16)20-15-21(30-9-11-35-12-10-30)24(29-28-20)36(4,33)34/h5-8,13-15,32H,9-12H2,1-4H3,(H,27,31). The van der Waals surface area contributed by atoms with Crippen molar-refractivity contribution in [3.05, 3.63) is 59.4 Å². The average molecular weight is 512 g/mol. The summed E-state index contributed by atoms with van der Waals surface area (Å²) in [6.45, 7) is 7.18. The van der Waals surface area contributed by atoms with Crippen molar-refractivity contribution in [3.8, 4) is 11.3 Å². The van der Waals surface area contributed by atoms with E-state index in [1.54, 1.807) is 44.2 Å². The summed E-state index contributed by atoms with van der Waals surface area (Å²) in [6, 6.07) is 10.2. The van der Waals surface area contributed by atoms with Crippen molar-refractivity contribution in [2.45, 2.75) is 31.4 Å². The minimum absolute atomic E-state index is 0.0736. The van der Waals surface area contributed by atoms with Crippen LogP contribution in [0.25, 0.3) is 11.3 Å². The van der Waals surface area contributed by atoms with Gasteiger partial charge in [-0.3, -0.25) is 9.78 Å². The van der Waals surface area contributed by atoms with Crippen molar-refractivity contribution >= 4 is 27.1 Å². The lowest BCUT2D eigenvalue weighted by Gasteiger charge is -2.29. The minimum atomic E-state index is -3.60. The monoisotopic (exact) mass is 511 g/mol. The largest absolute Gasteiger partial charge is 0.384 e. The Kier molecular flexibility index (Phi) is 7.07. The van der Waals surface area contributed by atoms with Gasteiger partial charge >= 0.3 is 0 Å². The fraction of sp³-hybridized carbons (Fsp3) is 0.360. The molecule has 0 atom stereocenters. The smallest absolute Gasteiger partial charge is 0.255 e. The molecule has 1 fully saturated rings. The molecule has 0 unspecified atom stereocenters. The lowest BCUT2D eigenvalue weighted by atomic mass is 10.0.